The highest BCUT2D eigenvalue weighted by Gasteiger charge is 2.24. The van der Waals surface area contributed by atoms with Gasteiger partial charge in [-0.15, -0.1) is 10.2 Å². The van der Waals surface area contributed by atoms with Crippen molar-refractivity contribution >= 4 is 21.6 Å². The first-order chi connectivity index (χ1) is 9.88. The van der Waals surface area contributed by atoms with E-state index in [9.17, 15) is 15.2 Å². The summed E-state index contributed by atoms with van der Waals surface area (Å²) in [6.45, 7) is 3.00. The van der Waals surface area contributed by atoms with Crippen LogP contribution < -0.4 is 4.74 Å². The van der Waals surface area contributed by atoms with Crippen molar-refractivity contribution in [1.29, 1.82) is 0 Å². The van der Waals surface area contributed by atoms with E-state index < -0.39 is 11.0 Å². The standard InChI is InChI=1S/C12H12BrN3O5/c1-6(17)9-3-8(13)4-10(16(18)19)12(9)20-5-11-15-14-7(2)21-11/h3-4,6,17H,5H2,1-2H3. The van der Waals surface area contributed by atoms with Crippen LogP contribution in [0.25, 0.3) is 0 Å². The normalized spacial score (nSPS) is 12.2. The highest BCUT2D eigenvalue weighted by molar-refractivity contribution is 9.10. The second-order valence-corrected chi connectivity index (χ2v) is 5.20. The van der Waals surface area contributed by atoms with Crippen LogP contribution in [0, 0.1) is 17.0 Å². The van der Waals surface area contributed by atoms with Crippen LogP contribution in [0.5, 0.6) is 5.75 Å². The second kappa shape index (κ2) is 6.19. The van der Waals surface area contributed by atoms with E-state index in [1.165, 1.54) is 13.0 Å². The quantitative estimate of drug-likeness (QED) is 0.646. The molecule has 2 rings (SSSR count). The van der Waals surface area contributed by atoms with Gasteiger partial charge in [-0.1, -0.05) is 15.9 Å². The smallest absolute Gasteiger partial charge is 0.312 e. The Balaban J connectivity index is 2.37. The summed E-state index contributed by atoms with van der Waals surface area (Å²) in [4.78, 5) is 10.6. The number of hydrogen-bond donors (Lipinski definition) is 1. The fourth-order valence-corrected chi connectivity index (χ4v) is 2.20. The van der Waals surface area contributed by atoms with Crippen LogP contribution in [0.2, 0.25) is 0 Å². The van der Waals surface area contributed by atoms with Crippen LogP contribution in [0.3, 0.4) is 0 Å². The Morgan fingerprint density at radius 3 is 2.76 bits per heavy atom. The van der Waals surface area contributed by atoms with E-state index in [-0.39, 0.29) is 23.9 Å². The van der Waals surface area contributed by atoms with Crippen LogP contribution in [-0.2, 0) is 6.61 Å². The van der Waals surface area contributed by atoms with Gasteiger partial charge in [-0.2, -0.15) is 0 Å². The molecule has 0 saturated heterocycles. The molecule has 0 fully saturated rings. The molecule has 0 aliphatic carbocycles. The molecule has 21 heavy (non-hydrogen) atoms. The molecular formula is C12H12BrN3O5. The summed E-state index contributed by atoms with van der Waals surface area (Å²) in [5.41, 5.74) is 0.0452. The average Bonchev–Trinajstić information content (AvgIpc) is 2.81. The number of aliphatic hydroxyl groups is 1. The van der Waals surface area contributed by atoms with E-state index in [1.807, 2.05) is 0 Å². The van der Waals surface area contributed by atoms with Crippen molar-refractivity contribution < 1.29 is 19.2 Å². The van der Waals surface area contributed by atoms with Crippen molar-refractivity contribution in [2.24, 2.45) is 0 Å². The van der Waals surface area contributed by atoms with Gasteiger partial charge in [0.05, 0.1) is 11.0 Å². The van der Waals surface area contributed by atoms with E-state index >= 15 is 0 Å². The van der Waals surface area contributed by atoms with Crippen molar-refractivity contribution in [1.82, 2.24) is 10.2 Å². The van der Waals surface area contributed by atoms with Gasteiger partial charge >= 0.3 is 5.69 Å². The zero-order valence-corrected chi connectivity index (χ0v) is 12.8. The molecule has 0 aliphatic rings. The lowest BCUT2D eigenvalue weighted by Crippen LogP contribution is -2.05. The van der Waals surface area contributed by atoms with Gasteiger partial charge in [0.1, 0.15) is 0 Å². The molecule has 1 heterocycles. The van der Waals surface area contributed by atoms with E-state index in [4.69, 9.17) is 9.15 Å². The Morgan fingerprint density at radius 1 is 1.52 bits per heavy atom. The SMILES string of the molecule is Cc1nnc(COc2c(C(C)O)cc(Br)cc2[N+](=O)[O-])o1. The van der Waals surface area contributed by atoms with Crippen molar-refractivity contribution in [3.8, 4) is 5.75 Å². The summed E-state index contributed by atoms with van der Waals surface area (Å²) in [6, 6.07) is 2.87. The number of nitro benzene ring substituents is 1. The zero-order valence-electron chi connectivity index (χ0n) is 11.2. The van der Waals surface area contributed by atoms with Crippen molar-refractivity contribution in [3.63, 3.8) is 0 Å². The molecule has 0 radical (unpaired) electrons. The maximum atomic E-state index is 11.1. The number of aromatic nitrogens is 2. The third kappa shape index (κ3) is 3.56. The number of aliphatic hydroxyl groups excluding tert-OH is 1. The van der Waals surface area contributed by atoms with Gasteiger partial charge < -0.3 is 14.3 Å². The number of aryl methyl sites for hydroxylation is 1. The predicted molar refractivity (Wildman–Crippen MR) is 74.8 cm³/mol. The average molecular weight is 358 g/mol. The topological polar surface area (TPSA) is 112 Å². The van der Waals surface area contributed by atoms with Crippen LogP contribution in [-0.4, -0.2) is 20.2 Å². The molecule has 0 bridgehead atoms. The minimum atomic E-state index is -0.930. The van der Waals surface area contributed by atoms with Crippen molar-refractivity contribution in [3.05, 3.63) is 44.1 Å². The Labute approximate surface area is 128 Å². The number of ether oxygens (including phenoxy) is 1. The zero-order chi connectivity index (χ0) is 15.6. The summed E-state index contributed by atoms with van der Waals surface area (Å²) >= 11 is 3.17. The largest absolute Gasteiger partial charge is 0.476 e. The lowest BCUT2D eigenvalue weighted by atomic mass is 10.1. The molecule has 0 spiro atoms. The van der Waals surface area contributed by atoms with Crippen LogP contribution in [0.4, 0.5) is 5.69 Å². The lowest BCUT2D eigenvalue weighted by Gasteiger charge is -2.13. The Bertz CT molecular complexity index is 671. The molecular weight excluding hydrogens is 346 g/mol. The first kappa shape index (κ1) is 15.4. The molecule has 9 heteroatoms. The molecule has 112 valence electrons. The fraction of sp³-hybridized carbons (Fsp3) is 0.333. The predicted octanol–water partition coefficient (Wildman–Crippen LogP) is 2.68. The first-order valence-corrected chi connectivity index (χ1v) is 6.75. The highest BCUT2D eigenvalue weighted by atomic mass is 79.9. The summed E-state index contributed by atoms with van der Waals surface area (Å²) < 4.78 is 11.0. The van der Waals surface area contributed by atoms with E-state index in [2.05, 4.69) is 26.1 Å². The number of benzene rings is 1. The summed E-state index contributed by atoms with van der Waals surface area (Å²) in [5.74, 6) is 0.546. The third-order valence-electron chi connectivity index (χ3n) is 2.62. The van der Waals surface area contributed by atoms with Gasteiger partial charge in [0.2, 0.25) is 11.6 Å². The molecule has 1 N–H and O–H groups in total. The molecule has 2 aromatic rings. The minimum absolute atomic E-state index is 0.0194. The maximum absolute atomic E-state index is 11.1. The molecule has 8 nitrogen and oxygen atoms in total. The lowest BCUT2D eigenvalue weighted by molar-refractivity contribution is -0.386. The Kier molecular flexibility index (Phi) is 4.53. The molecule has 0 saturated carbocycles. The summed E-state index contributed by atoms with van der Waals surface area (Å²) in [6.07, 6.45) is -0.930. The number of nitro groups is 1. The summed E-state index contributed by atoms with van der Waals surface area (Å²) in [5, 5.41) is 28.3. The molecule has 1 aromatic carbocycles. The Hall–Kier alpha value is -2.00. The summed E-state index contributed by atoms with van der Waals surface area (Å²) in [7, 11) is 0. The van der Waals surface area contributed by atoms with E-state index in [0.717, 1.165) is 0 Å². The molecule has 0 aliphatic heterocycles. The minimum Gasteiger partial charge on any atom is -0.476 e. The molecule has 1 unspecified atom stereocenters. The molecule has 1 aromatic heterocycles. The number of halogens is 1. The van der Waals surface area contributed by atoms with Crippen molar-refractivity contribution in [2.75, 3.05) is 0 Å². The second-order valence-electron chi connectivity index (χ2n) is 4.28. The van der Waals surface area contributed by atoms with Crippen molar-refractivity contribution in [2.45, 2.75) is 26.6 Å². The van der Waals surface area contributed by atoms with Gasteiger partial charge in [0.25, 0.3) is 5.89 Å². The first-order valence-electron chi connectivity index (χ1n) is 5.96. The third-order valence-corrected chi connectivity index (χ3v) is 3.08. The maximum Gasteiger partial charge on any atom is 0.312 e. The van der Waals surface area contributed by atoms with Crippen LogP contribution in [0.15, 0.2) is 21.0 Å². The number of nitrogens with zero attached hydrogens (tertiary/aromatic N) is 3. The van der Waals surface area contributed by atoms with Gasteiger partial charge in [-0.3, -0.25) is 10.1 Å². The molecule has 0 amide bonds. The highest BCUT2D eigenvalue weighted by Crippen LogP contribution is 2.38. The van der Waals surface area contributed by atoms with Crippen LogP contribution >= 0.6 is 15.9 Å². The number of hydrogen-bond acceptors (Lipinski definition) is 7. The van der Waals surface area contributed by atoms with Gasteiger partial charge in [-0.25, -0.2) is 0 Å². The van der Waals surface area contributed by atoms with Gasteiger partial charge in [0.15, 0.2) is 6.61 Å². The van der Waals surface area contributed by atoms with Gasteiger partial charge in [0, 0.05) is 23.0 Å². The van der Waals surface area contributed by atoms with E-state index in [1.54, 1.807) is 13.0 Å². The number of rotatable bonds is 5. The van der Waals surface area contributed by atoms with Crippen LogP contribution in [0.1, 0.15) is 30.4 Å². The van der Waals surface area contributed by atoms with Gasteiger partial charge in [-0.05, 0) is 13.0 Å². The molecule has 1 atom stereocenters. The Morgan fingerprint density at radius 2 is 2.24 bits per heavy atom. The van der Waals surface area contributed by atoms with E-state index in [0.29, 0.717) is 15.9 Å². The monoisotopic (exact) mass is 357 g/mol. The fourth-order valence-electron chi connectivity index (χ4n) is 1.73.